The number of hydrogen-bond donors (Lipinski definition) is 0. The van der Waals surface area contributed by atoms with Crippen LogP contribution >= 0.6 is 28.4 Å². The molecular weight excluding hydrogens is 339 g/mol. The van der Waals surface area contributed by atoms with Gasteiger partial charge in [0.15, 0.2) is 0 Å². The molecule has 0 heterocycles. The van der Waals surface area contributed by atoms with Gasteiger partial charge in [0.2, 0.25) is 0 Å². The summed E-state index contributed by atoms with van der Waals surface area (Å²) in [6.45, 7) is 0. The summed E-state index contributed by atoms with van der Waals surface area (Å²) in [4.78, 5) is 0. The van der Waals surface area contributed by atoms with Crippen molar-refractivity contribution in [1.82, 2.24) is 0 Å². The van der Waals surface area contributed by atoms with E-state index in [0.717, 1.165) is 0 Å². The fourth-order valence-corrected chi connectivity index (χ4v) is 5.47. The molecule has 0 bridgehead atoms. The van der Waals surface area contributed by atoms with Crippen LogP contribution < -0.4 is 0 Å². The Labute approximate surface area is 117 Å². The first-order valence-corrected chi connectivity index (χ1v) is 10.7. The zero-order valence-corrected chi connectivity index (χ0v) is 13.1. The maximum Gasteiger partial charge on any atom is 0.0466 e. The highest BCUT2D eigenvalue weighted by Crippen LogP contribution is 2.63. The minimum atomic E-state index is -0.701. The van der Waals surface area contributed by atoms with Gasteiger partial charge < -0.3 is 0 Å². The molecule has 2 aromatic carbocycles. The number of halogens is 1. The van der Waals surface area contributed by atoms with Gasteiger partial charge in [-0.2, -0.15) is 7.20 Å². The van der Waals surface area contributed by atoms with Gasteiger partial charge in [0.25, 0.3) is 0 Å². The maximum absolute atomic E-state index is 2.63. The first-order valence-electron chi connectivity index (χ1n) is 5.61. The average molecular weight is 356 g/mol. The summed E-state index contributed by atoms with van der Waals surface area (Å²) in [6.07, 6.45) is 4.75. The van der Waals surface area contributed by atoms with Crippen molar-refractivity contribution in [2.45, 2.75) is 5.25 Å². The van der Waals surface area contributed by atoms with Crippen molar-refractivity contribution in [1.29, 1.82) is 0 Å². The molecule has 0 aliphatic carbocycles. The summed E-state index contributed by atoms with van der Waals surface area (Å²) >= 11 is 2.63. The molecule has 0 nitrogen and oxygen atoms in total. The Morgan fingerprint density at radius 2 is 1.12 bits per heavy atom. The molecule has 0 aliphatic rings. The molecule has 2 rings (SSSR count). The van der Waals surface area contributed by atoms with Gasteiger partial charge in [0, 0.05) is 5.25 Å². The third kappa shape index (κ3) is 3.26. The number of benzene rings is 2. The highest BCUT2D eigenvalue weighted by molar-refractivity contribution is 14.2. The fraction of sp³-hybridized carbons (Fsp3) is 0.200. The lowest BCUT2D eigenvalue weighted by Gasteiger charge is -2.34. The van der Waals surface area contributed by atoms with Gasteiger partial charge in [-0.1, -0.05) is 60.7 Å². The average Bonchev–Trinajstić information content (AvgIpc) is 2.30. The standard InChI is InChI=1S/C15H17IS/c1-17(2,16)15(13-9-5-3-6-10-13)14-11-7-4-8-12-14/h3-12,15H,1-2H3. The predicted molar refractivity (Wildman–Crippen MR) is 88.2 cm³/mol. The third-order valence-electron chi connectivity index (χ3n) is 2.77. The highest BCUT2D eigenvalue weighted by Gasteiger charge is 2.24. The van der Waals surface area contributed by atoms with E-state index in [2.05, 4.69) is 94.4 Å². The van der Waals surface area contributed by atoms with Gasteiger partial charge in [-0.3, -0.25) is 0 Å². The van der Waals surface area contributed by atoms with Crippen LogP contribution in [0.5, 0.6) is 0 Å². The Morgan fingerprint density at radius 3 is 1.41 bits per heavy atom. The van der Waals surface area contributed by atoms with E-state index in [0.29, 0.717) is 5.25 Å². The van der Waals surface area contributed by atoms with Crippen LogP contribution in [0.25, 0.3) is 0 Å². The van der Waals surface area contributed by atoms with Gasteiger partial charge in [-0.05, 0) is 44.8 Å². The molecule has 0 aliphatic heterocycles. The van der Waals surface area contributed by atoms with Crippen molar-refractivity contribution < 1.29 is 0 Å². The van der Waals surface area contributed by atoms with E-state index in [9.17, 15) is 0 Å². The lowest BCUT2D eigenvalue weighted by Crippen LogP contribution is -2.05. The quantitative estimate of drug-likeness (QED) is 0.664. The van der Waals surface area contributed by atoms with Crippen LogP contribution in [0, 0.1) is 0 Å². The van der Waals surface area contributed by atoms with Crippen LogP contribution in [-0.4, -0.2) is 12.5 Å². The molecule has 90 valence electrons. The number of hydrogen-bond acceptors (Lipinski definition) is 0. The second-order valence-electron chi connectivity index (χ2n) is 4.48. The zero-order valence-electron chi connectivity index (χ0n) is 10.1. The summed E-state index contributed by atoms with van der Waals surface area (Å²) in [5.41, 5.74) is 2.85. The summed E-state index contributed by atoms with van der Waals surface area (Å²) in [5, 5.41) is 0.519. The summed E-state index contributed by atoms with van der Waals surface area (Å²) < 4.78 is 0. The van der Waals surface area contributed by atoms with E-state index in [1.807, 2.05) is 0 Å². The zero-order chi connectivity index (χ0) is 12.3. The Hall–Kier alpha value is -0.480. The molecular formula is C15H17IS. The molecule has 0 fully saturated rings. The van der Waals surface area contributed by atoms with Gasteiger partial charge in [0.1, 0.15) is 0 Å². The molecule has 17 heavy (non-hydrogen) atoms. The second kappa shape index (κ2) is 5.44. The molecule has 0 N–H and O–H groups in total. The topological polar surface area (TPSA) is 0 Å². The minimum Gasteiger partial charge on any atom is -0.182 e. The molecule has 2 aromatic rings. The largest absolute Gasteiger partial charge is 0.182 e. The molecule has 0 aromatic heterocycles. The first-order chi connectivity index (χ1) is 8.09. The Kier molecular flexibility index (Phi) is 4.15. The second-order valence-corrected chi connectivity index (χ2v) is 14.3. The smallest absolute Gasteiger partial charge is 0.0466 e. The van der Waals surface area contributed by atoms with Crippen molar-refractivity contribution in [2.24, 2.45) is 0 Å². The van der Waals surface area contributed by atoms with Gasteiger partial charge in [-0.15, -0.1) is 0 Å². The van der Waals surface area contributed by atoms with E-state index >= 15 is 0 Å². The van der Waals surface area contributed by atoms with Crippen LogP contribution in [0.15, 0.2) is 60.7 Å². The van der Waals surface area contributed by atoms with Crippen LogP contribution in [0.4, 0.5) is 0 Å². The number of rotatable bonds is 3. The van der Waals surface area contributed by atoms with E-state index in [4.69, 9.17) is 0 Å². The summed E-state index contributed by atoms with van der Waals surface area (Å²) in [7, 11) is -0.701. The molecule has 0 unspecified atom stereocenters. The van der Waals surface area contributed by atoms with Crippen LogP contribution in [-0.2, 0) is 0 Å². The molecule has 0 saturated carbocycles. The van der Waals surface area contributed by atoms with E-state index in [1.165, 1.54) is 11.1 Å². The minimum absolute atomic E-state index is 0.519. The Bertz CT molecular complexity index is 420. The van der Waals surface area contributed by atoms with Crippen LogP contribution in [0.3, 0.4) is 0 Å². The Morgan fingerprint density at radius 1 is 0.765 bits per heavy atom. The van der Waals surface area contributed by atoms with Crippen molar-refractivity contribution in [3.63, 3.8) is 0 Å². The predicted octanol–water partition coefficient (Wildman–Crippen LogP) is 5.19. The third-order valence-corrected chi connectivity index (χ3v) is 5.96. The molecule has 0 amide bonds. The lowest BCUT2D eigenvalue weighted by atomic mass is 10.0. The van der Waals surface area contributed by atoms with E-state index < -0.39 is 7.20 Å². The molecule has 0 radical (unpaired) electrons. The molecule has 0 atom stereocenters. The molecule has 0 saturated heterocycles. The van der Waals surface area contributed by atoms with Crippen LogP contribution in [0.2, 0.25) is 0 Å². The molecule has 0 spiro atoms. The summed E-state index contributed by atoms with van der Waals surface area (Å²) in [5.74, 6) is 0. The maximum atomic E-state index is 2.63. The Balaban J connectivity index is 2.48. The fourth-order valence-electron chi connectivity index (χ4n) is 2.10. The SMILES string of the molecule is CS(C)(I)C(c1ccccc1)c1ccccc1. The van der Waals surface area contributed by atoms with Gasteiger partial charge in [0.05, 0.1) is 0 Å². The van der Waals surface area contributed by atoms with Crippen molar-refractivity contribution in [3.8, 4) is 0 Å². The first kappa shape index (κ1) is 13.0. The summed E-state index contributed by atoms with van der Waals surface area (Å²) in [6, 6.07) is 21.7. The lowest BCUT2D eigenvalue weighted by molar-refractivity contribution is 1.15. The van der Waals surface area contributed by atoms with Crippen LogP contribution in [0.1, 0.15) is 16.4 Å². The van der Waals surface area contributed by atoms with Gasteiger partial charge in [-0.25, -0.2) is 0 Å². The molecule has 2 heteroatoms. The van der Waals surface area contributed by atoms with E-state index in [-0.39, 0.29) is 0 Å². The monoisotopic (exact) mass is 356 g/mol. The van der Waals surface area contributed by atoms with Crippen molar-refractivity contribution in [3.05, 3.63) is 71.8 Å². The normalized spacial score (nSPS) is 12.7. The highest BCUT2D eigenvalue weighted by atomic mass is 127. The van der Waals surface area contributed by atoms with E-state index in [1.54, 1.807) is 0 Å². The van der Waals surface area contributed by atoms with Crippen molar-refractivity contribution >= 4 is 28.4 Å². The van der Waals surface area contributed by atoms with Gasteiger partial charge >= 0.3 is 0 Å². The van der Waals surface area contributed by atoms with Crippen molar-refractivity contribution in [2.75, 3.05) is 12.5 Å².